The minimum Gasteiger partial charge on any atom is -0.382 e. The Morgan fingerprint density at radius 1 is 1.47 bits per heavy atom. The highest BCUT2D eigenvalue weighted by Crippen LogP contribution is 2.11. The average molecular weight is 226 g/mol. The maximum absolute atomic E-state index is 5.71. The number of hydrogen-bond donors (Lipinski definition) is 2. The molecule has 0 amide bonds. The van der Waals surface area contributed by atoms with E-state index >= 15 is 0 Å². The smallest absolute Gasteiger partial charge is 0.129 e. The van der Waals surface area contributed by atoms with Crippen LogP contribution in [0.1, 0.15) is 19.3 Å². The molecule has 2 N–H and O–H groups in total. The van der Waals surface area contributed by atoms with E-state index in [4.69, 9.17) is 11.6 Å². The molecule has 4 heteroatoms. The van der Waals surface area contributed by atoms with Gasteiger partial charge in [0.25, 0.3) is 0 Å². The lowest BCUT2D eigenvalue weighted by Gasteiger charge is -2.23. The van der Waals surface area contributed by atoms with E-state index in [0.717, 1.165) is 18.8 Å². The van der Waals surface area contributed by atoms with Crippen molar-refractivity contribution in [3.8, 4) is 0 Å². The molecule has 1 aliphatic heterocycles. The number of pyridine rings is 1. The highest BCUT2D eigenvalue weighted by atomic mass is 35.5. The Morgan fingerprint density at radius 3 is 3.07 bits per heavy atom. The van der Waals surface area contributed by atoms with Crippen molar-refractivity contribution in [2.45, 2.75) is 25.3 Å². The molecule has 0 saturated carbocycles. The van der Waals surface area contributed by atoms with Crippen molar-refractivity contribution in [2.75, 3.05) is 18.4 Å². The lowest BCUT2D eigenvalue weighted by atomic mass is 10.1. The van der Waals surface area contributed by atoms with Crippen LogP contribution in [0, 0.1) is 0 Å². The molecule has 1 aromatic heterocycles. The second-order valence-electron chi connectivity index (χ2n) is 3.90. The molecule has 82 valence electrons. The van der Waals surface area contributed by atoms with E-state index in [1.54, 1.807) is 12.3 Å². The van der Waals surface area contributed by atoms with E-state index in [1.807, 2.05) is 6.07 Å². The molecule has 1 aliphatic rings. The monoisotopic (exact) mass is 225 g/mol. The summed E-state index contributed by atoms with van der Waals surface area (Å²) in [7, 11) is 0. The van der Waals surface area contributed by atoms with Crippen molar-refractivity contribution in [1.82, 2.24) is 10.3 Å². The summed E-state index contributed by atoms with van der Waals surface area (Å²) in [4.78, 5) is 4.03. The second kappa shape index (κ2) is 5.33. The van der Waals surface area contributed by atoms with Gasteiger partial charge in [-0.2, -0.15) is 0 Å². The van der Waals surface area contributed by atoms with Gasteiger partial charge < -0.3 is 10.6 Å². The van der Waals surface area contributed by atoms with Crippen LogP contribution in [0.2, 0.25) is 5.15 Å². The van der Waals surface area contributed by atoms with Crippen LogP contribution in [0.4, 0.5) is 5.69 Å². The Morgan fingerprint density at radius 2 is 2.40 bits per heavy atom. The Bertz CT molecular complexity index is 293. The maximum Gasteiger partial charge on any atom is 0.129 e. The quantitative estimate of drug-likeness (QED) is 0.776. The van der Waals surface area contributed by atoms with E-state index in [-0.39, 0.29) is 0 Å². The molecule has 2 rings (SSSR count). The molecule has 3 nitrogen and oxygen atoms in total. The third kappa shape index (κ3) is 3.36. The third-order valence-electron chi connectivity index (χ3n) is 2.69. The lowest BCUT2D eigenvalue weighted by Crippen LogP contribution is -2.39. The molecule has 1 fully saturated rings. The molecule has 0 aliphatic carbocycles. The number of piperidine rings is 1. The summed E-state index contributed by atoms with van der Waals surface area (Å²) in [5.41, 5.74) is 1.03. The van der Waals surface area contributed by atoms with Gasteiger partial charge in [-0.3, -0.25) is 0 Å². The summed E-state index contributed by atoms with van der Waals surface area (Å²) in [6.45, 7) is 2.11. The molecule has 0 aromatic carbocycles. The summed E-state index contributed by atoms with van der Waals surface area (Å²) < 4.78 is 0. The van der Waals surface area contributed by atoms with Gasteiger partial charge in [-0.05, 0) is 31.5 Å². The van der Waals surface area contributed by atoms with Gasteiger partial charge >= 0.3 is 0 Å². The number of nitrogens with zero attached hydrogens (tertiary/aromatic N) is 1. The van der Waals surface area contributed by atoms with Crippen molar-refractivity contribution in [3.05, 3.63) is 23.5 Å². The topological polar surface area (TPSA) is 37.0 Å². The van der Waals surface area contributed by atoms with Crippen molar-refractivity contribution in [3.63, 3.8) is 0 Å². The first kappa shape index (κ1) is 10.7. The van der Waals surface area contributed by atoms with Crippen molar-refractivity contribution >= 4 is 17.3 Å². The zero-order valence-corrected chi connectivity index (χ0v) is 9.43. The van der Waals surface area contributed by atoms with E-state index in [1.165, 1.54) is 19.3 Å². The number of rotatable bonds is 3. The van der Waals surface area contributed by atoms with Gasteiger partial charge in [0.05, 0.1) is 11.9 Å². The molecule has 15 heavy (non-hydrogen) atoms. The Hall–Kier alpha value is -0.800. The van der Waals surface area contributed by atoms with Gasteiger partial charge in [0.2, 0.25) is 0 Å². The number of halogens is 1. The van der Waals surface area contributed by atoms with E-state index < -0.39 is 0 Å². The molecule has 2 heterocycles. The van der Waals surface area contributed by atoms with Crippen molar-refractivity contribution in [2.24, 2.45) is 0 Å². The highest BCUT2D eigenvalue weighted by Gasteiger charge is 2.11. The normalized spacial score (nSPS) is 21.3. The van der Waals surface area contributed by atoms with Crippen LogP contribution in [0.25, 0.3) is 0 Å². The van der Waals surface area contributed by atoms with Crippen LogP contribution in [-0.4, -0.2) is 24.1 Å². The summed E-state index contributed by atoms with van der Waals surface area (Å²) in [6, 6.07) is 4.35. The first-order valence-corrected chi connectivity index (χ1v) is 5.81. The Labute approximate surface area is 95.2 Å². The fourth-order valence-electron chi connectivity index (χ4n) is 1.82. The largest absolute Gasteiger partial charge is 0.382 e. The first-order valence-electron chi connectivity index (χ1n) is 5.43. The van der Waals surface area contributed by atoms with Gasteiger partial charge in [0.1, 0.15) is 5.15 Å². The summed E-state index contributed by atoms with van der Waals surface area (Å²) in [6.07, 6.45) is 5.66. The Kier molecular flexibility index (Phi) is 3.80. The van der Waals surface area contributed by atoms with E-state index in [2.05, 4.69) is 15.6 Å². The molecular formula is C11H16ClN3. The van der Waals surface area contributed by atoms with Crippen LogP contribution in [0.3, 0.4) is 0 Å². The van der Waals surface area contributed by atoms with Gasteiger partial charge in [0, 0.05) is 12.6 Å². The fourth-order valence-corrected chi connectivity index (χ4v) is 1.93. The SMILES string of the molecule is Clc1ccc(NCC2CCCCN2)cn1. The van der Waals surface area contributed by atoms with Crippen molar-refractivity contribution < 1.29 is 0 Å². The number of aromatic nitrogens is 1. The maximum atomic E-state index is 5.71. The van der Waals surface area contributed by atoms with E-state index in [9.17, 15) is 0 Å². The molecule has 0 radical (unpaired) electrons. The Balaban J connectivity index is 1.79. The van der Waals surface area contributed by atoms with Crippen molar-refractivity contribution in [1.29, 1.82) is 0 Å². The summed E-state index contributed by atoms with van der Waals surface area (Å²) >= 11 is 5.71. The second-order valence-corrected chi connectivity index (χ2v) is 4.28. The van der Waals surface area contributed by atoms with Gasteiger partial charge in [-0.15, -0.1) is 0 Å². The van der Waals surface area contributed by atoms with Crippen LogP contribution in [0.15, 0.2) is 18.3 Å². The average Bonchev–Trinajstić information content (AvgIpc) is 2.30. The summed E-state index contributed by atoms with van der Waals surface area (Å²) in [5, 5.41) is 7.39. The van der Waals surface area contributed by atoms with Crippen LogP contribution in [0.5, 0.6) is 0 Å². The number of anilines is 1. The molecule has 1 unspecified atom stereocenters. The van der Waals surface area contributed by atoms with Gasteiger partial charge in [-0.25, -0.2) is 4.98 Å². The molecule has 1 saturated heterocycles. The summed E-state index contributed by atoms with van der Waals surface area (Å²) in [5.74, 6) is 0. The molecule has 1 aromatic rings. The first-order chi connectivity index (χ1) is 7.34. The van der Waals surface area contributed by atoms with Gasteiger partial charge in [-0.1, -0.05) is 18.0 Å². The minimum atomic E-state index is 0.538. The number of hydrogen-bond acceptors (Lipinski definition) is 3. The fraction of sp³-hybridized carbons (Fsp3) is 0.545. The standard InChI is InChI=1S/C11H16ClN3/c12-11-5-4-10(8-15-11)14-7-9-3-1-2-6-13-9/h4-5,8-9,13-14H,1-3,6-7H2. The lowest BCUT2D eigenvalue weighted by molar-refractivity contribution is 0.414. The molecule has 1 atom stereocenters. The predicted molar refractivity (Wildman–Crippen MR) is 63.4 cm³/mol. The van der Waals surface area contributed by atoms with Crippen LogP contribution in [-0.2, 0) is 0 Å². The van der Waals surface area contributed by atoms with Gasteiger partial charge in [0.15, 0.2) is 0 Å². The zero-order valence-electron chi connectivity index (χ0n) is 8.67. The highest BCUT2D eigenvalue weighted by molar-refractivity contribution is 6.29. The van der Waals surface area contributed by atoms with E-state index in [0.29, 0.717) is 11.2 Å². The van der Waals surface area contributed by atoms with Crippen LogP contribution >= 0.6 is 11.6 Å². The molecular weight excluding hydrogens is 210 g/mol. The predicted octanol–water partition coefficient (Wildman–Crippen LogP) is 2.29. The third-order valence-corrected chi connectivity index (χ3v) is 2.92. The zero-order chi connectivity index (χ0) is 10.5. The van der Waals surface area contributed by atoms with Crippen LogP contribution < -0.4 is 10.6 Å². The number of nitrogens with one attached hydrogen (secondary N) is 2. The molecule has 0 bridgehead atoms. The minimum absolute atomic E-state index is 0.538. The molecule has 0 spiro atoms.